The standard InChI is InChI=1S/C12H19N5O/c1-8-7-10(11(13)14)16-12(15-8)17(5-6-18)9-3-2-4-9/h7,9,18H,2-6H2,1H3,(H3,13,14). The molecular formula is C12H19N5O. The Balaban J connectivity index is 2.30. The summed E-state index contributed by atoms with van der Waals surface area (Å²) in [6.45, 7) is 2.45. The largest absolute Gasteiger partial charge is 0.395 e. The number of nitrogens with two attached hydrogens (primary N) is 1. The SMILES string of the molecule is Cc1cc(C(=N)N)nc(N(CCO)C2CCC2)n1. The Morgan fingerprint density at radius 3 is 2.78 bits per heavy atom. The van der Waals surface area contributed by atoms with Crippen molar-refractivity contribution in [2.24, 2.45) is 5.73 Å². The molecule has 0 aliphatic heterocycles. The lowest BCUT2D eigenvalue weighted by molar-refractivity contribution is 0.282. The lowest BCUT2D eigenvalue weighted by atomic mass is 9.92. The van der Waals surface area contributed by atoms with Crippen molar-refractivity contribution < 1.29 is 5.11 Å². The predicted molar refractivity (Wildman–Crippen MR) is 69.9 cm³/mol. The average Bonchev–Trinajstić information content (AvgIpc) is 2.25. The summed E-state index contributed by atoms with van der Waals surface area (Å²) in [5.41, 5.74) is 6.70. The van der Waals surface area contributed by atoms with E-state index in [-0.39, 0.29) is 12.4 Å². The molecule has 0 aromatic carbocycles. The summed E-state index contributed by atoms with van der Waals surface area (Å²) in [7, 11) is 0. The van der Waals surface area contributed by atoms with E-state index in [4.69, 9.17) is 16.2 Å². The predicted octanol–water partition coefficient (Wildman–Crippen LogP) is 0.420. The quantitative estimate of drug-likeness (QED) is 0.519. The first kappa shape index (κ1) is 12.8. The van der Waals surface area contributed by atoms with Crippen molar-refractivity contribution in [3.8, 4) is 0 Å². The molecule has 6 nitrogen and oxygen atoms in total. The number of aryl methyl sites for hydroxylation is 1. The zero-order chi connectivity index (χ0) is 13.1. The van der Waals surface area contributed by atoms with Crippen LogP contribution in [0.3, 0.4) is 0 Å². The van der Waals surface area contributed by atoms with Gasteiger partial charge in [0.15, 0.2) is 0 Å². The lowest BCUT2D eigenvalue weighted by Gasteiger charge is -2.37. The summed E-state index contributed by atoms with van der Waals surface area (Å²) in [6.07, 6.45) is 3.41. The molecule has 2 rings (SSSR count). The van der Waals surface area contributed by atoms with Crippen molar-refractivity contribution in [3.63, 3.8) is 0 Å². The van der Waals surface area contributed by atoms with Crippen LogP contribution in [0.1, 0.15) is 30.7 Å². The van der Waals surface area contributed by atoms with Gasteiger partial charge in [-0.05, 0) is 32.3 Å². The van der Waals surface area contributed by atoms with Gasteiger partial charge in [0.25, 0.3) is 0 Å². The van der Waals surface area contributed by atoms with E-state index in [1.807, 2.05) is 11.8 Å². The van der Waals surface area contributed by atoms with Gasteiger partial charge in [0.1, 0.15) is 11.5 Å². The molecule has 98 valence electrons. The van der Waals surface area contributed by atoms with Crippen molar-refractivity contribution in [2.45, 2.75) is 32.2 Å². The van der Waals surface area contributed by atoms with Gasteiger partial charge in [-0.3, -0.25) is 5.41 Å². The van der Waals surface area contributed by atoms with Crippen molar-refractivity contribution in [1.29, 1.82) is 5.41 Å². The number of nitrogen functional groups attached to an aromatic ring is 1. The smallest absolute Gasteiger partial charge is 0.226 e. The maximum atomic E-state index is 9.15. The first-order valence-corrected chi connectivity index (χ1v) is 6.19. The van der Waals surface area contributed by atoms with Gasteiger partial charge >= 0.3 is 0 Å². The summed E-state index contributed by atoms with van der Waals surface area (Å²) < 4.78 is 0. The van der Waals surface area contributed by atoms with Crippen LogP contribution in [0, 0.1) is 12.3 Å². The molecule has 0 unspecified atom stereocenters. The number of aromatic nitrogens is 2. The van der Waals surface area contributed by atoms with Crippen LogP contribution in [0.4, 0.5) is 5.95 Å². The highest BCUT2D eigenvalue weighted by molar-refractivity contribution is 5.93. The fourth-order valence-corrected chi connectivity index (χ4v) is 2.07. The van der Waals surface area contributed by atoms with E-state index in [9.17, 15) is 0 Å². The van der Waals surface area contributed by atoms with Crippen LogP contribution in [0.2, 0.25) is 0 Å². The Hall–Kier alpha value is -1.69. The second-order valence-electron chi connectivity index (χ2n) is 4.61. The van der Waals surface area contributed by atoms with Crippen LogP contribution >= 0.6 is 0 Å². The number of nitrogens with one attached hydrogen (secondary N) is 1. The van der Waals surface area contributed by atoms with Crippen LogP contribution in [-0.4, -0.2) is 40.1 Å². The Labute approximate surface area is 106 Å². The summed E-state index contributed by atoms with van der Waals surface area (Å²) >= 11 is 0. The van der Waals surface area contributed by atoms with Crippen LogP contribution in [-0.2, 0) is 0 Å². The van der Waals surface area contributed by atoms with Crippen molar-refractivity contribution in [2.75, 3.05) is 18.1 Å². The lowest BCUT2D eigenvalue weighted by Crippen LogP contribution is -2.43. The number of aliphatic hydroxyl groups is 1. The fourth-order valence-electron chi connectivity index (χ4n) is 2.07. The van der Waals surface area contributed by atoms with Crippen LogP contribution in [0.5, 0.6) is 0 Å². The number of anilines is 1. The number of hydrogen-bond acceptors (Lipinski definition) is 5. The molecule has 1 aliphatic carbocycles. The summed E-state index contributed by atoms with van der Waals surface area (Å²) in [6, 6.07) is 2.10. The van der Waals surface area contributed by atoms with Gasteiger partial charge in [0, 0.05) is 18.3 Å². The van der Waals surface area contributed by atoms with Crippen molar-refractivity contribution in [3.05, 3.63) is 17.5 Å². The highest BCUT2D eigenvalue weighted by Crippen LogP contribution is 2.27. The minimum absolute atomic E-state index is 0.0562. The van der Waals surface area contributed by atoms with E-state index in [0.29, 0.717) is 24.2 Å². The van der Waals surface area contributed by atoms with E-state index in [1.54, 1.807) is 6.07 Å². The first-order chi connectivity index (χ1) is 8.61. The van der Waals surface area contributed by atoms with Crippen LogP contribution in [0.25, 0.3) is 0 Å². The topological polar surface area (TPSA) is 99.1 Å². The molecule has 1 aliphatic rings. The van der Waals surface area contributed by atoms with E-state index in [0.717, 1.165) is 18.5 Å². The molecule has 0 saturated heterocycles. The summed E-state index contributed by atoms with van der Waals surface area (Å²) in [5, 5.41) is 16.6. The molecule has 0 atom stereocenters. The molecule has 1 fully saturated rings. The minimum Gasteiger partial charge on any atom is -0.395 e. The van der Waals surface area contributed by atoms with E-state index in [2.05, 4.69) is 9.97 Å². The number of hydrogen-bond donors (Lipinski definition) is 3. The molecule has 1 heterocycles. The third-order valence-corrected chi connectivity index (χ3v) is 3.23. The normalized spacial score (nSPS) is 15.2. The third-order valence-electron chi connectivity index (χ3n) is 3.23. The van der Waals surface area contributed by atoms with Gasteiger partial charge in [0.05, 0.1) is 6.61 Å². The molecule has 0 spiro atoms. The van der Waals surface area contributed by atoms with Crippen LogP contribution < -0.4 is 10.6 Å². The molecule has 1 saturated carbocycles. The highest BCUT2D eigenvalue weighted by Gasteiger charge is 2.27. The highest BCUT2D eigenvalue weighted by atomic mass is 16.3. The molecule has 0 amide bonds. The molecule has 4 N–H and O–H groups in total. The molecule has 1 aromatic rings. The van der Waals surface area contributed by atoms with Gasteiger partial charge in [-0.15, -0.1) is 0 Å². The summed E-state index contributed by atoms with van der Waals surface area (Å²) in [4.78, 5) is 10.7. The Morgan fingerprint density at radius 2 is 2.28 bits per heavy atom. The van der Waals surface area contributed by atoms with Crippen molar-refractivity contribution in [1.82, 2.24) is 9.97 Å². The maximum absolute atomic E-state index is 9.15. The second kappa shape index (κ2) is 5.30. The Bertz CT molecular complexity index is 444. The van der Waals surface area contributed by atoms with Crippen molar-refractivity contribution >= 4 is 11.8 Å². The fraction of sp³-hybridized carbons (Fsp3) is 0.583. The molecule has 0 radical (unpaired) electrons. The Morgan fingerprint density at radius 1 is 1.56 bits per heavy atom. The Kier molecular flexibility index (Phi) is 3.76. The van der Waals surface area contributed by atoms with Gasteiger partial charge in [-0.2, -0.15) is 0 Å². The van der Waals surface area contributed by atoms with E-state index >= 15 is 0 Å². The van der Waals surface area contributed by atoms with Gasteiger partial charge in [0.2, 0.25) is 5.95 Å². The van der Waals surface area contributed by atoms with Crippen LogP contribution in [0.15, 0.2) is 6.07 Å². The monoisotopic (exact) mass is 249 g/mol. The minimum atomic E-state index is -0.0562. The van der Waals surface area contributed by atoms with E-state index < -0.39 is 0 Å². The van der Waals surface area contributed by atoms with Gasteiger partial charge in [-0.25, -0.2) is 9.97 Å². The van der Waals surface area contributed by atoms with Gasteiger partial charge in [-0.1, -0.05) is 0 Å². The zero-order valence-electron chi connectivity index (χ0n) is 10.6. The third kappa shape index (κ3) is 2.59. The van der Waals surface area contributed by atoms with E-state index in [1.165, 1.54) is 6.42 Å². The second-order valence-corrected chi connectivity index (χ2v) is 4.61. The maximum Gasteiger partial charge on any atom is 0.226 e. The number of aliphatic hydroxyl groups excluding tert-OH is 1. The molecule has 0 bridgehead atoms. The van der Waals surface area contributed by atoms with Gasteiger partial charge < -0.3 is 15.7 Å². The zero-order valence-corrected chi connectivity index (χ0v) is 10.6. The molecular weight excluding hydrogens is 230 g/mol. The first-order valence-electron chi connectivity index (χ1n) is 6.19. The number of nitrogens with zero attached hydrogens (tertiary/aromatic N) is 3. The molecule has 6 heteroatoms. The summed E-state index contributed by atoms with van der Waals surface area (Å²) in [5.74, 6) is 0.512. The molecule has 1 aromatic heterocycles. The average molecular weight is 249 g/mol. The number of amidine groups is 1. The molecule has 18 heavy (non-hydrogen) atoms. The number of rotatable bonds is 5.